The highest BCUT2D eigenvalue weighted by molar-refractivity contribution is 8.00. The summed E-state index contributed by atoms with van der Waals surface area (Å²) < 4.78 is 0. The molecule has 1 fully saturated rings. The Morgan fingerprint density at radius 1 is 1.41 bits per heavy atom. The van der Waals surface area contributed by atoms with Gasteiger partial charge in [0.1, 0.15) is 0 Å². The third kappa shape index (κ3) is 4.36. The van der Waals surface area contributed by atoms with E-state index in [9.17, 15) is 4.79 Å². The number of carbonyl (C=O) groups is 1. The number of pyridine rings is 1. The number of nitrogens with one attached hydrogen (secondary N) is 2. The van der Waals surface area contributed by atoms with Gasteiger partial charge in [-0.25, -0.2) is 0 Å². The molecule has 2 rings (SSSR count). The van der Waals surface area contributed by atoms with Crippen LogP contribution < -0.4 is 10.6 Å². The van der Waals surface area contributed by atoms with E-state index in [0.717, 1.165) is 31.6 Å². The number of nitrogens with zero attached hydrogens (tertiary/aromatic N) is 1. The van der Waals surface area contributed by atoms with Crippen LogP contribution in [-0.4, -0.2) is 35.0 Å². The second kappa shape index (κ2) is 6.61. The van der Waals surface area contributed by atoms with Gasteiger partial charge in [0.25, 0.3) is 0 Å². The minimum absolute atomic E-state index is 0.0692. The van der Waals surface area contributed by atoms with Gasteiger partial charge in [-0.15, -0.1) is 11.8 Å². The van der Waals surface area contributed by atoms with E-state index in [2.05, 4.69) is 15.6 Å². The highest BCUT2D eigenvalue weighted by Crippen LogP contribution is 2.20. The van der Waals surface area contributed by atoms with Gasteiger partial charge in [-0.3, -0.25) is 9.78 Å². The standard InChI is InChI=1S/C12H17N3OS/c16-12(15-10-1-5-13-6-2-10)9-17-11-3-7-14-8-4-11/h1-2,5-6,11,14H,3-4,7-9H2,(H,13,15,16). The third-order valence-corrected chi connectivity index (χ3v) is 4.07. The number of amides is 1. The number of rotatable bonds is 4. The molecule has 2 heterocycles. The molecule has 1 aliphatic rings. The predicted molar refractivity (Wildman–Crippen MR) is 71.2 cm³/mol. The molecule has 0 bridgehead atoms. The highest BCUT2D eigenvalue weighted by Gasteiger charge is 2.14. The van der Waals surface area contributed by atoms with Crippen LogP contribution >= 0.6 is 11.8 Å². The highest BCUT2D eigenvalue weighted by atomic mass is 32.2. The molecule has 17 heavy (non-hydrogen) atoms. The van der Waals surface area contributed by atoms with Crippen LogP contribution in [0.4, 0.5) is 5.69 Å². The Morgan fingerprint density at radius 2 is 2.12 bits per heavy atom. The lowest BCUT2D eigenvalue weighted by Gasteiger charge is -2.21. The number of hydrogen-bond acceptors (Lipinski definition) is 4. The molecule has 1 aromatic rings. The number of thioether (sulfide) groups is 1. The van der Waals surface area contributed by atoms with Gasteiger partial charge in [0.2, 0.25) is 5.91 Å². The molecule has 92 valence electrons. The molecular weight excluding hydrogens is 234 g/mol. The number of carbonyl (C=O) groups excluding carboxylic acids is 1. The van der Waals surface area contributed by atoms with E-state index in [0.29, 0.717) is 11.0 Å². The first kappa shape index (κ1) is 12.4. The second-order valence-corrected chi connectivity index (χ2v) is 5.33. The summed E-state index contributed by atoms with van der Waals surface area (Å²) in [6, 6.07) is 3.60. The van der Waals surface area contributed by atoms with E-state index in [4.69, 9.17) is 0 Å². The average Bonchev–Trinajstić information content (AvgIpc) is 2.39. The maximum absolute atomic E-state index is 11.7. The number of piperidine rings is 1. The Morgan fingerprint density at radius 3 is 2.82 bits per heavy atom. The molecule has 0 radical (unpaired) electrons. The largest absolute Gasteiger partial charge is 0.325 e. The Labute approximate surface area is 106 Å². The fraction of sp³-hybridized carbons (Fsp3) is 0.500. The summed E-state index contributed by atoms with van der Waals surface area (Å²) in [5.74, 6) is 0.604. The lowest BCUT2D eigenvalue weighted by atomic mass is 10.2. The normalized spacial score (nSPS) is 16.7. The maximum Gasteiger partial charge on any atom is 0.234 e. The van der Waals surface area contributed by atoms with Crippen LogP contribution in [0.15, 0.2) is 24.5 Å². The van der Waals surface area contributed by atoms with Crippen LogP contribution in [0.3, 0.4) is 0 Å². The molecule has 0 spiro atoms. The molecule has 0 atom stereocenters. The van der Waals surface area contributed by atoms with Crippen LogP contribution in [0.5, 0.6) is 0 Å². The second-order valence-electron chi connectivity index (χ2n) is 4.04. The summed E-state index contributed by atoms with van der Waals surface area (Å²) in [5.41, 5.74) is 0.816. The van der Waals surface area contributed by atoms with E-state index in [1.165, 1.54) is 0 Å². The molecule has 1 amide bonds. The van der Waals surface area contributed by atoms with Crippen molar-refractivity contribution in [2.45, 2.75) is 18.1 Å². The van der Waals surface area contributed by atoms with Crippen molar-refractivity contribution in [2.24, 2.45) is 0 Å². The monoisotopic (exact) mass is 251 g/mol. The van der Waals surface area contributed by atoms with Crippen molar-refractivity contribution in [3.05, 3.63) is 24.5 Å². The number of hydrogen-bond donors (Lipinski definition) is 2. The van der Waals surface area contributed by atoms with E-state index in [-0.39, 0.29) is 5.91 Å². The summed E-state index contributed by atoms with van der Waals surface area (Å²) in [4.78, 5) is 15.6. The van der Waals surface area contributed by atoms with Crippen LogP contribution in [-0.2, 0) is 4.79 Å². The number of anilines is 1. The van der Waals surface area contributed by atoms with Crippen molar-refractivity contribution in [3.8, 4) is 0 Å². The lowest BCUT2D eigenvalue weighted by molar-refractivity contribution is -0.113. The zero-order chi connectivity index (χ0) is 11.9. The van der Waals surface area contributed by atoms with Crippen molar-refractivity contribution in [1.29, 1.82) is 0 Å². The Bertz CT molecular complexity index is 352. The van der Waals surface area contributed by atoms with Crippen LogP contribution in [0, 0.1) is 0 Å². The molecule has 2 N–H and O–H groups in total. The molecule has 0 saturated carbocycles. The fourth-order valence-corrected chi connectivity index (χ4v) is 2.82. The Kier molecular flexibility index (Phi) is 4.82. The topological polar surface area (TPSA) is 54.0 Å². The molecule has 0 aliphatic carbocycles. The van der Waals surface area contributed by atoms with Gasteiger partial charge in [0.15, 0.2) is 0 Å². The van der Waals surface area contributed by atoms with Crippen molar-refractivity contribution in [2.75, 3.05) is 24.2 Å². The minimum atomic E-state index is 0.0692. The van der Waals surface area contributed by atoms with Gasteiger partial charge < -0.3 is 10.6 Å². The van der Waals surface area contributed by atoms with Gasteiger partial charge in [0.05, 0.1) is 5.75 Å². The average molecular weight is 251 g/mol. The quantitative estimate of drug-likeness (QED) is 0.851. The van der Waals surface area contributed by atoms with E-state index in [1.54, 1.807) is 36.3 Å². The van der Waals surface area contributed by atoms with Gasteiger partial charge in [-0.1, -0.05) is 0 Å². The predicted octanol–water partition coefficient (Wildman–Crippen LogP) is 1.51. The van der Waals surface area contributed by atoms with Crippen LogP contribution in [0.2, 0.25) is 0 Å². The molecule has 5 heteroatoms. The molecule has 4 nitrogen and oxygen atoms in total. The molecule has 0 unspecified atom stereocenters. The Hall–Kier alpha value is -1.07. The van der Waals surface area contributed by atoms with E-state index in [1.807, 2.05) is 0 Å². The zero-order valence-corrected chi connectivity index (χ0v) is 10.5. The fourth-order valence-electron chi connectivity index (χ4n) is 1.79. The molecule has 0 aromatic carbocycles. The van der Waals surface area contributed by atoms with E-state index < -0.39 is 0 Å². The van der Waals surface area contributed by atoms with Crippen LogP contribution in [0.25, 0.3) is 0 Å². The SMILES string of the molecule is O=C(CSC1CCNCC1)Nc1ccncc1. The smallest absolute Gasteiger partial charge is 0.234 e. The van der Waals surface area contributed by atoms with Gasteiger partial charge in [0, 0.05) is 23.3 Å². The summed E-state index contributed by atoms with van der Waals surface area (Å²) in [7, 11) is 0. The lowest BCUT2D eigenvalue weighted by Crippen LogP contribution is -2.30. The number of aromatic nitrogens is 1. The first-order valence-electron chi connectivity index (χ1n) is 5.87. The zero-order valence-electron chi connectivity index (χ0n) is 9.69. The summed E-state index contributed by atoms with van der Waals surface area (Å²) in [6.45, 7) is 2.15. The van der Waals surface area contributed by atoms with Gasteiger partial charge in [-0.05, 0) is 38.1 Å². The van der Waals surface area contributed by atoms with Crippen molar-refractivity contribution >= 4 is 23.4 Å². The molecule has 1 aliphatic heterocycles. The first-order valence-corrected chi connectivity index (χ1v) is 6.91. The van der Waals surface area contributed by atoms with Crippen molar-refractivity contribution in [1.82, 2.24) is 10.3 Å². The minimum Gasteiger partial charge on any atom is -0.325 e. The molecular formula is C12H17N3OS. The first-order chi connectivity index (χ1) is 8.34. The van der Waals surface area contributed by atoms with Gasteiger partial charge >= 0.3 is 0 Å². The molecule has 1 aromatic heterocycles. The van der Waals surface area contributed by atoms with Crippen molar-refractivity contribution in [3.63, 3.8) is 0 Å². The van der Waals surface area contributed by atoms with Gasteiger partial charge in [-0.2, -0.15) is 0 Å². The summed E-state index contributed by atoms with van der Waals surface area (Å²) in [6.07, 6.45) is 5.67. The maximum atomic E-state index is 11.7. The van der Waals surface area contributed by atoms with E-state index >= 15 is 0 Å². The molecule has 1 saturated heterocycles. The summed E-state index contributed by atoms with van der Waals surface area (Å²) in [5, 5.41) is 6.81. The van der Waals surface area contributed by atoms with Crippen LogP contribution in [0.1, 0.15) is 12.8 Å². The van der Waals surface area contributed by atoms with Crippen molar-refractivity contribution < 1.29 is 4.79 Å². The Balaban J connectivity index is 1.70. The third-order valence-electron chi connectivity index (χ3n) is 2.70. The summed E-state index contributed by atoms with van der Waals surface area (Å²) >= 11 is 1.76.